The fourth-order valence-corrected chi connectivity index (χ4v) is 4.37. The quantitative estimate of drug-likeness (QED) is 0.487. The largest absolute Gasteiger partial charge is 0.459 e. The van der Waals surface area contributed by atoms with Crippen LogP contribution in [-0.2, 0) is 24.0 Å². The van der Waals surface area contributed by atoms with Crippen LogP contribution in [-0.4, -0.2) is 40.3 Å². The lowest BCUT2D eigenvalue weighted by atomic mass is 9.56. The summed E-state index contributed by atoms with van der Waals surface area (Å²) in [5.41, 5.74) is -1.99. The lowest BCUT2D eigenvalue weighted by molar-refractivity contribution is -0.561. The highest BCUT2D eigenvalue weighted by atomic mass is 17.3. The van der Waals surface area contributed by atoms with E-state index in [2.05, 4.69) is 13.8 Å². The van der Waals surface area contributed by atoms with Crippen LogP contribution in [0.2, 0.25) is 0 Å². The number of aliphatic hydroxyl groups excluding tert-OH is 1. The van der Waals surface area contributed by atoms with Gasteiger partial charge in [0, 0.05) is 18.8 Å². The van der Waals surface area contributed by atoms with Gasteiger partial charge < -0.3 is 14.6 Å². The van der Waals surface area contributed by atoms with E-state index in [9.17, 15) is 9.90 Å². The van der Waals surface area contributed by atoms with Crippen LogP contribution >= 0.6 is 0 Å². The van der Waals surface area contributed by atoms with E-state index in [1.54, 1.807) is 6.92 Å². The topological polar surface area (TPSA) is 74.2 Å². The van der Waals surface area contributed by atoms with Crippen LogP contribution in [0.3, 0.4) is 0 Å². The first-order valence-corrected chi connectivity index (χ1v) is 8.19. The second-order valence-electron chi connectivity index (χ2n) is 7.83. The van der Waals surface area contributed by atoms with Gasteiger partial charge in [-0.05, 0) is 38.8 Å². The Morgan fingerprint density at radius 2 is 2.04 bits per heavy atom. The zero-order valence-electron chi connectivity index (χ0n) is 14.4. The van der Waals surface area contributed by atoms with Crippen molar-refractivity contribution in [2.75, 3.05) is 0 Å². The normalized spacial score (nSPS) is 45.4. The number of carbonyl (C=O) groups is 1. The Hall–Kier alpha value is -0.950. The lowest BCUT2D eigenvalue weighted by Gasteiger charge is -2.66. The van der Waals surface area contributed by atoms with E-state index in [-0.39, 0.29) is 17.8 Å². The van der Waals surface area contributed by atoms with Crippen molar-refractivity contribution >= 4 is 5.97 Å². The van der Waals surface area contributed by atoms with Crippen molar-refractivity contribution in [3.05, 3.63) is 12.2 Å². The molecular weight excluding hydrogens is 300 g/mol. The molecule has 0 radical (unpaired) electrons. The summed E-state index contributed by atoms with van der Waals surface area (Å²) in [7, 11) is 0. The van der Waals surface area contributed by atoms with Crippen molar-refractivity contribution in [1.82, 2.24) is 0 Å². The fourth-order valence-electron chi connectivity index (χ4n) is 4.37. The molecule has 1 spiro atoms. The zero-order chi connectivity index (χ0) is 17.1. The maximum Gasteiger partial charge on any atom is 0.303 e. The van der Waals surface area contributed by atoms with E-state index in [1.165, 1.54) is 6.92 Å². The molecule has 2 bridgehead atoms. The SMILES string of the molecule is CC(=O)OC1CCC(C)(C)[C@@]23C=C[C@@](CC(C)O)(OO2)O[C@@]13C. The molecule has 1 saturated carbocycles. The van der Waals surface area contributed by atoms with Crippen molar-refractivity contribution in [3.63, 3.8) is 0 Å². The minimum absolute atomic E-state index is 0.238. The van der Waals surface area contributed by atoms with E-state index in [1.807, 2.05) is 19.1 Å². The number of hydrogen-bond acceptors (Lipinski definition) is 6. The minimum atomic E-state index is -1.16. The molecule has 5 atom stereocenters. The molecule has 2 fully saturated rings. The smallest absolute Gasteiger partial charge is 0.303 e. The maximum atomic E-state index is 11.5. The van der Waals surface area contributed by atoms with Crippen LogP contribution in [0.5, 0.6) is 0 Å². The Morgan fingerprint density at radius 3 is 2.57 bits per heavy atom. The molecule has 2 unspecified atom stereocenters. The van der Waals surface area contributed by atoms with Crippen molar-refractivity contribution in [2.24, 2.45) is 5.41 Å². The van der Waals surface area contributed by atoms with E-state index < -0.39 is 29.2 Å². The Labute approximate surface area is 136 Å². The molecule has 4 aliphatic rings. The van der Waals surface area contributed by atoms with Gasteiger partial charge in [0.25, 0.3) is 0 Å². The monoisotopic (exact) mass is 326 g/mol. The van der Waals surface area contributed by atoms with Crippen molar-refractivity contribution in [2.45, 2.75) is 83.1 Å². The third-order valence-electron chi connectivity index (χ3n) is 5.55. The second kappa shape index (κ2) is 5.02. The summed E-state index contributed by atoms with van der Waals surface area (Å²) in [4.78, 5) is 23.0. The van der Waals surface area contributed by atoms with E-state index in [4.69, 9.17) is 19.2 Å². The first-order chi connectivity index (χ1) is 10.6. The molecule has 3 heterocycles. The van der Waals surface area contributed by atoms with Crippen LogP contribution < -0.4 is 0 Å². The molecule has 0 amide bonds. The maximum absolute atomic E-state index is 11.5. The highest BCUT2D eigenvalue weighted by Gasteiger charge is 2.73. The zero-order valence-corrected chi connectivity index (χ0v) is 14.4. The predicted molar refractivity (Wildman–Crippen MR) is 81.1 cm³/mol. The van der Waals surface area contributed by atoms with Gasteiger partial charge in [0.05, 0.1) is 6.10 Å². The molecule has 6 nitrogen and oxygen atoms in total. The van der Waals surface area contributed by atoms with Gasteiger partial charge in [-0.3, -0.25) is 4.79 Å². The molecule has 4 rings (SSSR count). The van der Waals surface area contributed by atoms with Crippen LogP contribution in [0.1, 0.15) is 53.9 Å². The highest BCUT2D eigenvalue weighted by molar-refractivity contribution is 5.66. The summed E-state index contributed by atoms with van der Waals surface area (Å²) >= 11 is 0. The summed E-state index contributed by atoms with van der Waals surface area (Å²) in [6, 6.07) is 0. The number of hydrogen-bond donors (Lipinski definition) is 1. The predicted octanol–water partition coefficient (Wildman–Crippen LogP) is 2.25. The lowest BCUT2D eigenvalue weighted by Crippen LogP contribution is -2.78. The Morgan fingerprint density at radius 1 is 1.35 bits per heavy atom. The average molecular weight is 326 g/mol. The molecule has 130 valence electrons. The number of fused-ring (bicyclic) bond motifs is 1. The molecule has 1 aliphatic carbocycles. The average Bonchev–Trinajstić information content (AvgIpc) is 2.41. The fraction of sp³-hybridized carbons (Fsp3) is 0.824. The van der Waals surface area contributed by atoms with Crippen molar-refractivity contribution < 1.29 is 29.1 Å². The van der Waals surface area contributed by atoms with Crippen LogP contribution in [0.4, 0.5) is 0 Å². The van der Waals surface area contributed by atoms with Gasteiger partial charge >= 0.3 is 5.97 Å². The molecule has 3 aliphatic heterocycles. The molecule has 0 aromatic carbocycles. The van der Waals surface area contributed by atoms with Crippen molar-refractivity contribution in [1.29, 1.82) is 0 Å². The molecule has 23 heavy (non-hydrogen) atoms. The molecule has 1 saturated heterocycles. The Balaban J connectivity index is 2.06. The first-order valence-electron chi connectivity index (χ1n) is 8.19. The minimum Gasteiger partial charge on any atom is -0.459 e. The van der Waals surface area contributed by atoms with E-state index in [0.717, 1.165) is 6.42 Å². The first kappa shape index (κ1) is 16.9. The molecule has 1 N–H and O–H groups in total. The van der Waals surface area contributed by atoms with Gasteiger partial charge in [-0.1, -0.05) is 13.8 Å². The standard InChI is InChI=1S/C17H26O6/c1-11(18)10-16-8-9-17(23-22-16)14(3,4)7-6-13(20-12(2)19)15(17,5)21-16/h8-9,11,13,18H,6-7,10H2,1-5H3/t11?,13?,15-,16-,17+/m0/s1. The second-order valence-corrected chi connectivity index (χ2v) is 7.83. The number of rotatable bonds is 3. The van der Waals surface area contributed by atoms with Gasteiger partial charge in [-0.15, -0.1) is 0 Å². The number of aliphatic hydroxyl groups is 1. The Bertz CT molecular complexity index is 541. The van der Waals surface area contributed by atoms with E-state index >= 15 is 0 Å². The van der Waals surface area contributed by atoms with Gasteiger partial charge in [0.1, 0.15) is 11.7 Å². The summed E-state index contributed by atoms with van der Waals surface area (Å²) in [6.45, 7) is 9.17. The van der Waals surface area contributed by atoms with Gasteiger partial charge in [0.15, 0.2) is 5.60 Å². The molecule has 0 aromatic rings. The van der Waals surface area contributed by atoms with Crippen LogP contribution in [0.25, 0.3) is 0 Å². The van der Waals surface area contributed by atoms with Gasteiger partial charge in [-0.25, -0.2) is 4.89 Å². The Kier molecular flexibility index (Phi) is 3.69. The summed E-state index contributed by atoms with van der Waals surface area (Å²) in [5.74, 6) is -1.50. The molecule has 6 heteroatoms. The van der Waals surface area contributed by atoms with Crippen LogP contribution in [0.15, 0.2) is 12.2 Å². The van der Waals surface area contributed by atoms with Gasteiger partial charge in [0.2, 0.25) is 5.79 Å². The summed E-state index contributed by atoms with van der Waals surface area (Å²) in [5, 5.41) is 9.78. The molecular formula is C17H26O6. The van der Waals surface area contributed by atoms with E-state index in [0.29, 0.717) is 6.42 Å². The third kappa shape index (κ3) is 2.27. The number of carbonyl (C=O) groups excluding carboxylic acids is 1. The van der Waals surface area contributed by atoms with Gasteiger partial charge in [-0.2, -0.15) is 4.89 Å². The molecule has 0 aromatic heterocycles. The number of esters is 1. The third-order valence-corrected chi connectivity index (χ3v) is 5.55. The summed E-state index contributed by atoms with van der Waals surface area (Å²) < 4.78 is 11.9. The van der Waals surface area contributed by atoms with Crippen LogP contribution in [0, 0.1) is 5.41 Å². The summed E-state index contributed by atoms with van der Waals surface area (Å²) in [6.07, 6.45) is 4.47. The number of ether oxygens (including phenoxy) is 2. The highest BCUT2D eigenvalue weighted by Crippen LogP contribution is 2.61. The van der Waals surface area contributed by atoms with Crippen molar-refractivity contribution in [3.8, 4) is 0 Å².